The van der Waals surface area contributed by atoms with Crippen molar-refractivity contribution in [2.75, 3.05) is 38.5 Å². The van der Waals surface area contributed by atoms with E-state index < -0.39 is 0 Å². The molecule has 1 atom stereocenters. The Kier molecular flexibility index (Phi) is 5.49. The minimum atomic E-state index is -0.297. The second-order valence-corrected chi connectivity index (χ2v) is 5.36. The smallest absolute Gasteiger partial charge is 0.238 e. The van der Waals surface area contributed by atoms with Gasteiger partial charge in [-0.2, -0.15) is 0 Å². The molecule has 1 aromatic carbocycles. The predicted octanol–water partition coefficient (Wildman–Crippen LogP) is 1.70. The summed E-state index contributed by atoms with van der Waals surface area (Å²) in [5.74, 6) is 0.281. The minimum Gasteiger partial charge on any atom is -0.325 e. The molecule has 110 valence electrons. The van der Waals surface area contributed by atoms with E-state index in [-0.39, 0.29) is 11.7 Å². The summed E-state index contributed by atoms with van der Waals surface area (Å²) in [7, 11) is 1.96. The molecule has 0 bridgehead atoms. The van der Waals surface area contributed by atoms with E-state index in [0.717, 1.165) is 26.1 Å². The number of nitrogens with one attached hydrogen (secondary N) is 2. The summed E-state index contributed by atoms with van der Waals surface area (Å²) in [6.07, 6.45) is 2.35. The lowest BCUT2D eigenvalue weighted by Gasteiger charge is -2.32. The van der Waals surface area contributed by atoms with E-state index in [1.165, 1.54) is 18.6 Å². The first kappa shape index (κ1) is 14.9. The van der Waals surface area contributed by atoms with Crippen LogP contribution in [0.5, 0.6) is 0 Å². The molecule has 0 aliphatic carbocycles. The van der Waals surface area contributed by atoms with Crippen molar-refractivity contribution in [3.63, 3.8) is 0 Å². The average Bonchev–Trinajstić information content (AvgIpc) is 2.42. The lowest BCUT2D eigenvalue weighted by atomic mass is 9.98. The third-order valence-electron chi connectivity index (χ3n) is 3.59. The number of rotatable bonds is 5. The van der Waals surface area contributed by atoms with Gasteiger partial charge in [0.05, 0.1) is 6.54 Å². The quantitative estimate of drug-likeness (QED) is 0.862. The van der Waals surface area contributed by atoms with E-state index in [1.807, 2.05) is 7.05 Å². The van der Waals surface area contributed by atoms with E-state index >= 15 is 0 Å². The van der Waals surface area contributed by atoms with Crippen LogP contribution in [0.1, 0.15) is 12.8 Å². The van der Waals surface area contributed by atoms with Crippen LogP contribution >= 0.6 is 0 Å². The molecule has 0 saturated carbocycles. The molecule has 1 aliphatic rings. The fraction of sp³-hybridized carbons (Fsp3) is 0.533. The molecule has 1 saturated heterocycles. The number of hydrogen-bond acceptors (Lipinski definition) is 3. The van der Waals surface area contributed by atoms with Gasteiger partial charge in [-0.15, -0.1) is 0 Å². The summed E-state index contributed by atoms with van der Waals surface area (Å²) >= 11 is 0. The maximum Gasteiger partial charge on any atom is 0.238 e. The molecule has 2 N–H and O–H groups in total. The minimum absolute atomic E-state index is 0.0401. The third kappa shape index (κ3) is 4.58. The van der Waals surface area contributed by atoms with Crippen molar-refractivity contribution < 1.29 is 9.18 Å². The SMILES string of the molecule is CNCC1CCCN(CC(=O)Nc2ccc(F)cc2)C1. The van der Waals surface area contributed by atoms with Gasteiger partial charge in [0.2, 0.25) is 5.91 Å². The topological polar surface area (TPSA) is 44.4 Å². The fourth-order valence-corrected chi connectivity index (χ4v) is 2.69. The van der Waals surface area contributed by atoms with Gasteiger partial charge in [0, 0.05) is 12.2 Å². The second kappa shape index (κ2) is 7.36. The molecule has 0 aromatic heterocycles. The first-order valence-electron chi connectivity index (χ1n) is 7.10. The molecule has 1 aromatic rings. The molecular formula is C15H22FN3O. The highest BCUT2D eigenvalue weighted by atomic mass is 19.1. The Morgan fingerprint density at radius 1 is 1.40 bits per heavy atom. The van der Waals surface area contributed by atoms with Gasteiger partial charge in [-0.3, -0.25) is 9.69 Å². The van der Waals surface area contributed by atoms with E-state index in [4.69, 9.17) is 0 Å². The van der Waals surface area contributed by atoms with Gasteiger partial charge in [0.25, 0.3) is 0 Å². The van der Waals surface area contributed by atoms with Gasteiger partial charge < -0.3 is 10.6 Å². The molecule has 1 aliphatic heterocycles. The van der Waals surface area contributed by atoms with Gasteiger partial charge >= 0.3 is 0 Å². The van der Waals surface area contributed by atoms with Gasteiger partial charge in [0.15, 0.2) is 0 Å². The summed E-state index contributed by atoms with van der Waals surface area (Å²) in [6.45, 7) is 3.32. The number of likely N-dealkylation sites (tertiary alicyclic amines) is 1. The first-order chi connectivity index (χ1) is 9.67. The molecule has 20 heavy (non-hydrogen) atoms. The number of anilines is 1. The van der Waals surface area contributed by atoms with Crippen LogP contribution in [0.3, 0.4) is 0 Å². The number of benzene rings is 1. The summed E-state index contributed by atoms with van der Waals surface area (Å²) in [4.78, 5) is 14.2. The van der Waals surface area contributed by atoms with Crippen molar-refractivity contribution in [2.24, 2.45) is 5.92 Å². The van der Waals surface area contributed by atoms with Crippen molar-refractivity contribution in [2.45, 2.75) is 12.8 Å². The van der Waals surface area contributed by atoms with Crippen LogP contribution in [0.4, 0.5) is 10.1 Å². The maximum absolute atomic E-state index is 12.8. The van der Waals surface area contributed by atoms with Gasteiger partial charge in [-0.1, -0.05) is 0 Å². The van der Waals surface area contributed by atoms with Crippen LogP contribution < -0.4 is 10.6 Å². The molecule has 1 amide bonds. The van der Waals surface area contributed by atoms with Crippen molar-refractivity contribution >= 4 is 11.6 Å². The lowest BCUT2D eigenvalue weighted by molar-refractivity contribution is -0.117. The maximum atomic E-state index is 12.8. The van der Waals surface area contributed by atoms with Crippen LogP contribution in [0.25, 0.3) is 0 Å². The van der Waals surface area contributed by atoms with E-state index in [2.05, 4.69) is 15.5 Å². The molecule has 4 nitrogen and oxygen atoms in total. The first-order valence-corrected chi connectivity index (χ1v) is 7.10. The van der Waals surface area contributed by atoms with Gasteiger partial charge in [-0.25, -0.2) is 4.39 Å². The molecule has 1 fully saturated rings. The Bertz CT molecular complexity index is 433. The zero-order chi connectivity index (χ0) is 14.4. The Balaban J connectivity index is 1.80. The summed E-state index contributed by atoms with van der Waals surface area (Å²) in [6, 6.07) is 5.85. The van der Waals surface area contributed by atoms with Crippen molar-refractivity contribution in [3.8, 4) is 0 Å². The Morgan fingerprint density at radius 2 is 2.15 bits per heavy atom. The number of carbonyl (C=O) groups excluding carboxylic acids is 1. The number of hydrogen-bond donors (Lipinski definition) is 2. The standard InChI is InChI=1S/C15H22FN3O/c1-17-9-12-3-2-8-19(10-12)11-15(20)18-14-6-4-13(16)5-7-14/h4-7,12,17H,2-3,8-11H2,1H3,(H,18,20). The van der Waals surface area contributed by atoms with Crippen LogP contribution in [-0.2, 0) is 4.79 Å². The number of nitrogens with zero attached hydrogens (tertiary/aromatic N) is 1. The van der Waals surface area contributed by atoms with Crippen LogP contribution in [-0.4, -0.2) is 44.0 Å². The van der Waals surface area contributed by atoms with Crippen molar-refractivity contribution in [1.82, 2.24) is 10.2 Å². The molecule has 2 rings (SSSR count). The Morgan fingerprint density at radius 3 is 2.85 bits per heavy atom. The van der Waals surface area contributed by atoms with E-state index in [0.29, 0.717) is 18.2 Å². The summed E-state index contributed by atoms with van der Waals surface area (Å²) in [5, 5.41) is 5.99. The molecule has 1 heterocycles. The van der Waals surface area contributed by atoms with Gasteiger partial charge in [0.1, 0.15) is 5.82 Å². The number of halogens is 1. The van der Waals surface area contributed by atoms with E-state index in [1.54, 1.807) is 12.1 Å². The largest absolute Gasteiger partial charge is 0.325 e. The van der Waals surface area contributed by atoms with Crippen LogP contribution in [0.15, 0.2) is 24.3 Å². The van der Waals surface area contributed by atoms with Crippen LogP contribution in [0, 0.1) is 11.7 Å². The third-order valence-corrected chi connectivity index (χ3v) is 3.59. The molecule has 0 spiro atoms. The number of piperidine rings is 1. The monoisotopic (exact) mass is 279 g/mol. The van der Waals surface area contributed by atoms with Crippen LogP contribution in [0.2, 0.25) is 0 Å². The zero-order valence-electron chi connectivity index (χ0n) is 11.9. The van der Waals surface area contributed by atoms with Crippen molar-refractivity contribution in [1.29, 1.82) is 0 Å². The molecular weight excluding hydrogens is 257 g/mol. The number of carbonyl (C=O) groups is 1. The zero-order valence-corrected chi connectivity index (χ0v) is 11.9. The molecule has 5 heteroatoms. The normalized spacial score (nSPS) is 19.8. The fourth-order valence-electron chi connectivity index (χ4n) is 2.69. The highest BCUT2D eigenvalue weighted by molar-refractivity contribution is 5.92. The second-order valence-electron chi connectivity index (χ2n) is 5.36. The highest BCUT2D eigenvalue weighted by Gasteiger charge is 2.20. The molecule has 0 radical (unpaired) electrons. The Hall–Kier alpha value is -1.46. The van der Waals surface area contributed by atoms with Crippen molar-refractivity contribution in [3.05, 3.63) is 30.1 Å². The lowest BCUT2D eigenvalue weighted by Crippen LogP contribution is -2.42. The Labute approximate surface area is 119 Å². The molecule has 1 unspecified atom stereocenters. The van der Waals surface area contributed by atoms with Gasteiger partial charge in [-0.05, 0) is 63.2 Å². The summed E-state index contributed by atoms with van der Waals surface area (Å²) in [5.41, 5.74) is 0.639. The summed E-state index contributed by atoms with van der Waals surface area (Å²) < 4.78 is 12.8. The van der Waals surface area contributed by atoms with E-state index in [9.17, 15) is 9.18 Å². The highest BCUT2D eigenvalue weighted by Crippen LogP contribution is 2.15. The predicted molar refractivity (Wildman–Crippen MR) is 78.1 cm³/mol. The average molecular weight is 279 g/mol. The number of amides is 1.